The molecule has 0 unspecified atom stereocenters. The Hall–Kier alpha value is -1.66. The van der Waals surface area contributed by atoms with E-state index < -0.39 is 0 Å². The van der Waals surface area contributed by atoms with E-state index in [2.05, 4.69) is 17.2 Å². The van der Waals surface area contributed by atoms with Crippen LogP contribution in [0.3, 0.4) is 0 Å². The molecule has 0 aromatic heterocycles. The fourth-order valence-electron chi connectivity index (χ4n) is 4.03. The first-order valence-corrected chi connectivity index (χ1v) is 12.6. The Labute approximate surface area is 204 Å². The Morgan fingerprint density at radius 3 is 1.82 bits per heavy atom. The molecule has 2 aliphatic rings. The molecule has 1 fully saturated rings. The van der Waals surface area contributed by atoms with E-state index in [1.165, 1.54) is 0 Å². The minimum Gasteiger partial charge on any atom is -0.449 e. The Morgan fingerprint density at radius 2 is 1.29 bits per heavy atom. The molecular formula is C26H43NO7. The molecule has 0 bridgehead atoms. The molecular weight excluding hydrogens is 438 g/mol. The van der Waals surface area contributed by atoms with Crippen LogP contribution in [0.4, 0.5) is 4.79 Å². The summed E-state index contributed by atoms with van der Waals surface area (Å²) < 4.78 is 27.1. The van der Waals surface area contributed by atoms with Crippen LogP contribution in [-0.4, -0.2) is 77.9 Å². The van der Waals surface area contributed by atoms with Gasteiger partial charge in [-0.2, -0.15) is 0 Å². The minimum absolute atomic E-state index is 0.201. The van der Waals surface area contributed by atoms with Crippen molar-refractivity contribution in [1.29, 1.82) is 0 Å². The zero-order valence-corrected chi connectivity index (χ0v) is 21.2. The molecule has 1 amide bonds. The topological polar surface area (TPSA) is 92.3 Å². The van der Waals surface area contributed by atoms with Crippen molar-refractivity contribution in [1.82, 2.24) is 5.32 Å². The standard InChI is InChI=1S/C26H43NO7/c1-26(2,3)24(28)10-12-30-14-16-32-18-19-33-17-15-31-13-11-27-25(29)34-20-23-21-8-6-4-5-7-9-22(21)23/h21-23H,6-20H2,1-3H3,(H,27,29)/t21-,22+,23-. The van der Waals surface area contributed by atoms with E-state index in [1.54, 1.807) is 0 Å². The Morgan fingerprint density at radius 1 is 0.794 bits per heavy atom. The highest BCUT2D eigenvalue weighted by molar-refractivity contribution is 5.83. The largest absolute Gasteiger partial charge is 0.449 e. The normalized spacial score (nSPS) is 21.4. The summed E-state index contributed by atoms with van der Waals surface area (Å²) in [5, 5.41) is 2.72. The predicted octanol–water partition coefficient (Wildman–Crippen LogP) is 3.22. The summed E-state index contributed by atoms with van der Waals surface area (Å²) in [7, 11) is 0. The smallest absolute Gasteiger partial charge is 0.407 e. The number of nitrogens with one attached hydrogen (secondary N) is 1. The fourth-order valence-corrected chi connectivity index (χ4v) is 4.03. The number of hydrogen-bond donors (Lipinski definition) is 1. The minimum atomic E-state index is -0.377. The third kappa shape index (κ3) is 12.2. The first-order valence-electron chi connectivity index (χ1n) is 12.6. The van der Waals surface area contributed by atoms with Gasteiger partial charge in [0.2, 0.25) is 0 Å². The number of amides is 1. The van der Waals surface area contributed by atoms with Gasteiger partial charge in [0, 0.05) is 31.2 Å². The first-order chi connectivity index (χ1) is 16.4. The van der Waals surface area contributed by atoms with Gasteiger partial charge in [0.1, 0.15) is 5.78 Å². The zero-order chi connectivity index (χ0) is 24.7. The van der Waals surface area contributed by atoms with Crippen LogP contribution < -0.4 is 5.32 Å². The lowest BCUT2D eigenvalue weighted by Crippen LogP contribution is -2.29. The third-order valence-electron chi connectivity index (χ3n) is 6.19. The van der Waals surface area contributed by atoms with Crippen molar-refractivity contribution in [3.05, 3.63) is 0 Å². The molecule has 8 heteroatoms. The van der Waals surface area contributed by atoms with Gasteiger partial charge in [0.25, 0.3) is 0 Å². The number of ketones is 1. The average molecular weight is 482 g/mol. The van der Waals surface area contributed by atoms with Crippen LogP contribution in [0.1, 0.15) is 52.9 Å². The van der Waals surface area contributed by atoms with Crippen LogP contribution in [-0.2, 0) is 28.5 Å². The van der Waals surface area contributed by atoms with E-state index in [0.717, 1.165) is 25.7 Å². The lowest BCUT2D eigenvalue weighted by Gasteiger charge is -2.16. The molecule has 0 aromatic carbocycles. The van der Waals surface area contributed by atoms with Crippen molar-refractivity contribution in [3.63, 3.8) is 0 Å². The van der Waals surface area contributed by atoms with Crippen LogP contribution in [0.5, 0.6) is 0 Å². The molecule has 34 heavy (non-hydrogen) atoms. The monoisotopic (exact) mass is 481 g/mol. The van der Waals surface area contributed by atoms with E-state index in [0.29, 0.717) is 90.2 Å². The van der Waals surface area contributed by atoms with Gasteiger partial charge in [0.15, 0.2) is 0 Å². The zero-order valence-electron chi connectivity index (χ0n) is 21.2. The number of ether oxygens (including phenoxy) is 5. The van der Waals surface area contributed by atoms with Gasteiger partial charge in [-0.15, -0.1) is 11.8 Å². The molecule has 0 radical (unpaired) electrons. The SMILES string of the molecule is CC(C)(C)C(=O)CCOCCOCCOCCOCCNC(=O)OC[C@@H]1[C@@H]2CCC#CCC[C@@H]21. The van der Waals surface area contributed by atoms with Crippen molar-refractivity contribution < 1.29 is 33.3 Å². The maximum Gasteiger partial charge on any atom is 0.407 e. The van der Waals surface area contributed by atoms with Crippen molar-refractivity contribution in [2.24, 2.45) is 23.2 Å². The third-order valence-corrected chi connectivity index (χ3v) is 6.19. The van der Waals surface area contributed by atoms with E-state index in [1.807, 2.05) is 20.8 Å². The van der Waals surface area contributed by atoms with Crippen LogP contribution in [0.25, 0.3) is 0 Å². The fraction of sp³-hybridized carbons (Fsp3) is 0.846. The number of carbonyl (C=O) groups excluding carboxylic acids is 2. The highest BCUT2D eigenvalue weighted by atomic mass is 16.6. The van der Waals surface area contributed by atoms with Gasteiger partial charge in [0.05, 0.1) is 59.5 Å². The number of hydrogen-bond acceptors (Lipinski definition) is 7. The van der Waals surface area contributed by atoms with Gasteiger partial charge in [-0.05, 0) is 30.6 Å². The lowest BCUT2D eigenvalue weighted by molar-refractivity contribution is -0.127. The van der Waals surface area contributed by atoms with Gasteiger partial charge in [-0.25, -0.2) is 4.79 Å². The highest BCUT2D eigenvalue weighted by Crippen LogP contribution is 2.52. The average Bonchev–Trinajstić information content (AvgIpc) is 3.42. The Kier molecular flexibility index (Phi) is 13.5. The summed E-state index contributed by atoms with van der Waals surface area (Å²) in [6.45, 7) is 10.3. The molecule has 0 spiro atoms. The number of alkyl carbamates (subject to hydrolysis) is 1. The summed E-state index contributed by atoms with van der Waals surface area (Å²) in [4.78, 5) is 23.6. The Balaban J connectivity index is 1.28. The van der Waals surface area contributed by atoms with E-state index in [4.69, 9.17) is 23.7 Å². The number of carbonyl (C=O) groups is 2. The predicted molar refractivity (Wildman–Crippen MR) is 128 cm³/mol. The second-order valence-electron chi connectivity index (χ2n) is 9.82. The molecule has 0 heterocycles. The molecule has 1 N–H and O–H groups in total. The maximum atomic E-state index is 11.8. The van der Waals surface area contributed by atoms with Gasteiger partial charge in [-0.1, -0.05) is 20.8 Å². The van der Waals surface area contributed by atoms with Crippen LogP contribution in [0.15, 0.2) is 0 Å². The molecule has 0 aliphatic heterocycles. The molecule has 194 valence electrons. The Bertz CT molecular complexity index is 646. The van der Waals surface area contributed by atoms with Crippen LogP contribution in [0.2, 0.25) is 0 Å². The van der Waals surface area contributed by atoms with E-state index in [9.17, 15) is 9.59 Å². The quantitative estimate of drug-likeness (QED) is 0.252. The van der Waals surface area contributed by atoms with Crippen LogP contribution in [0, 0.1) is 35.0 Å². The van der Waals surface area contributed by atoms with Gasteiger partial charge >= 0.3 is 6.09 Å². The summed E-state index contributed by atoms with van der Waals surface area (Å²) in [5.41, 5.74) is -0.312. The maximum absolute atomic E-state index is 11.8. The van der Waals surface area contributed by atoms with E-state index in [-0.39, 0.29) is 17.3 Å². The first kappa shape index (κ1) is 28.6. The van der Waals surface area contributed by atoms with Crippen molar-refractivity contribution in [2.45, 2.75) is 52.9 Å². The van der Waals surface area contributed by atoms with Crippen molar-refractivity contribution in [3.8, 4) is 11.8 Å². The number of fused-ring (bicyclic) bond motifs is 1. The van der Waals surface area contributed by atoms with E-state index >= 15 is 0 Å². The molecule has 2 rings (SSSR count). The summed E-state index contributed by atoms with van der Waals surface area (Å²) in [6, 6.07) is 0. The number of Topliss-reactive ketones (excluding diaryl/α,β-unsaturated/α-hetero) is 1. The molecule has 0 aromatic rings. The van der Waals surface area contributed by atoms with Crippen molar-refractivity contribution in [2.75, 3.05) is 66.0 Å². The highest BCUT2D eigenvalue weighted by Gasteiger charge is 2.49. The molecule has 8 nitrogen and oxygen atoms in total. The van der Waals surface area contributed by atoms with Crippen LogP contribution >= 0.6 is 0 Å². The molecule has 2 aliphatic carbocycles. The van der Waals surface area contributed by atoms with Crippen molar-refractivity contribution >= 4 is 11.9 Å². The molecule has 0 saturated heterocycles. The van der Waals surface area contributed by atoms with Gasteiger partial charge in [-0.3, -0.25) is 4.79 Å². The summed E-state index contributed by atoms with van der Waals surface area (Å²) in [5.74, 6) is 8.45. The molecule has 1 saturated carbocycles. The second kappa shape index (κ2) is 16.1. The lowest BCUT2D eigenvalue weighted by atomic mass is 9.89. The number of rotatable bonds is 17. The second-order valence-corrected chi connectivity index (χ2v) is 9.82. The molecule has 3 atom stereocenters. The van der Waals surface area contributed by atoms with Gasteiger partial charge < -0.3 is 29.0 Å². The summed E-state index contributed by atoms with van der Waals surface area (Å²) >= 11 is 0. The summed E-state index contributed by atoms with van der Waals surface area (Å²) in [6.07, 6.45) is 4.25.